The van der Waals surface area contributed by atoms with Crippen LogP contribution in [0.15, 0.2) is 0 Å². The molecule has 0 saturated heterocycles. The summed E-state index contributed by atoms with van der Waals surface area (Å²) in [7, 11) is 0. The summed E-state index contributed by atoms with van der Waals surface area (Å²) in [6.07, 6.45) is 5.78. The maximum absolute atomic E-state index is 2.45. The molecule has 0 N–H and O–H groups in total. The van der Waals surface area contributed by atoms with Crippen molar-refractivity contribution in [1.82, 2.24) is 0 Å². The maximum atomic E-state index is 2.45. The molecule has 74 valence electrons. The van der Waals surface area contributed by atoms with Crippen LogP contribution in [0.25, 0.3) is 0 Å². The first kappa shape index (κ1) is 13.0. The summed E-state index contributed by atoms with van der Waals surface area (Å²) in [5.41, 5.74) is 0. The van der Waals surface area contributed by atoms with Gasteiger partial charge < -0.3 is 0 Å². The molecule has 0 fully saturated rings. The Morgan fingerprint density at radius 2 is 1.75 bits per heavy atom. The van der Waals surface area contributed by atoms with Crippen LogP contribution in [0.1, 0.15) is 39.5 Å². The summed E-state index contributed by atoms with van der Waals surface area (Å²) < 4.78 is 0. The Morgan fingerprint density at radius 1 is 1.08 bits per heavy atom. The van der Waals surface area contributed by atoms with Crippen molar-refractivity contribution in [2.24, 2.45) is 0 Å². The van der Waals surface area contributed by atoms with E-state index >= 15 is 0 Å². The molecular weight excluding hydrogens is 278 g/mol. The van der Waals surface area contributed by atoms with Crippen LogP contribution in [-0.2, 0) is 0 Å². The molecule has 0 nitrogen and oxygen atoms in total. The molecule has 0 aromatic carbocycles. The van der Waals surface area contributed by atoms with Gasteiger partial charge in [0.05, 0.1) is 0 Å². The summed E-state index contributed by atoms with van der Waals surface area (Å²) in [6.45, 7) is 4.74. The monoisotopic (exact) mass is 302 g/mol. The van der Waals surface area contributed by atoms with Gasteiger partial charge in [0.25, 0.3) is 0 Å². The molecule has 2 heteroatoms. The third-order valence-electron chi connectivity index (χ3n) is 2.29. The minimum atomic E-state index is 0.870. The molecule has 0 aliphatic rings. The molecule has 0 aliphatic heterocycles. The molecule has 0 spiro atoms. The van der Waals surface area contributed by atoms with Gasteiger partial charge in [-0.25, -0.2) is 0 Å². The number of rotatable bonds is 7. The van der Waals surface area contributed by atoms with E-state index in [4.69, 9.17) is 0 Å². The van der Waals surface area contributed by atoms with E-state index in [-0.39, 0.29) is 0 Å². The standard InChI is InChI=1S/C10H22Se2/c1-5-6-7-8-10(12-4)9(2)11-3/h9-10H,5-8H2,1-4H3/t9-,10+/m0/s1. The van der Waals surface area contributed by atoms with Crippen molar-refractivity contribution in [2.75, 3.05) is 0 Å². The van der Waals surface area contributed by atoms with Crippen molar-refractivity contribution in [3.8, 4) is 0 Å². The van der Waals surface area contributed by atoms with E-state index in [1.54, 1.807) is 0 Å². The van der Waals surface area contributed by atoms with Crippen molar-refractivity contribution in [2.45, 2.75) is 60.8 Å². The molecule has 12 heavy (non-hydrogen) atoms. The molecular formula is C10H22Se2. The van der Waals surface area contributed by atoms with E-state index in [9.17, 15) is 0 Å². The van der Waals surface area contributed by atoms with Crippen molar-refractivity contribution < 1.29 is 0 Å². The molecule has 0 saturated carbocycles. The molecule has 0 amide bonds. The normalized spacial score (nSPS) is 16.0. The van der Waals surface area contributed by atoms with Crippen LogP contribution >= 0.6 is 0 Å². The molecule has 0 rings (SSSR count). The third-order valence-corrected chi connectivity index (χ3v) is 8.03. The fourth-order valence-electron chi connectivity index (χ4n) is 1.29. The Kier molecular flexibility index (Phi) is 9.38. The predicted octanol–water partition coefficient (Wildman–Crippen LogP) is 3.67. The Bertz CT molecular complexity index is 93.8. The van der Waals surface area contributed by atoms with Gasteiger partial charge in [0.2, 0.25) is 0 Å². The minimum absolute atomic E-state index is 0.870. The van der Waals surface area contributed by atoms with E-state index in [1.165, 1.54) is 25.7 Å². The van der Waals surface area contributed by atoms with Gasteiger partial charge in [0.1, 0.15) is 0 Å². The second kappa shape index (κ2) is 8.63. The molecule has 0 unspecified atom stereocenters. The van der Waals surface area contributed by atoms with Crippen molar-refractivity contribution in [3.05, 3.63) is 0 Å². The van der Waals surface area contributed by atoms with Crippen molar-refractivity contribution >= 4 is 29.9 Å². The van der Waals surface area contributed by atoms with E-state index in [0.717, 1.165) is 39.5 Å². The molecule has 0 radical (unpaired) electrons. The second-order valence-corrected chi connectivity index (χ2v) is 8.02. The van der Waals surface area contributed by atoms with E-state index in [0.29, 0.717) is 0 Å². The molecule has 0 aliphatic carbocycles. The van der Waals surface area contributed by atoms with Crippen molar-refractivity contribution in [3.63, 3.8) is 0 Å². The fourth-order valence-corrected chi connectivity index (χ4v) is 6.28. The fraction of sp³-hybridized carbons (Fsp3) is 1.00. The SMILES string of the molecule is CCCCC[C@@H]([Se]C)[C@H](C)[Se]C. The predicted molar refractivity (Wildman–Crippen MR) is 60.6 cm³/mol. The van der Waals surface area contributed by atoms with Crippen LogP contribution in [-0.4, -0.2) is 29.9 Å². The van der Waals surface area contributed by atoms with Gasteiger partial charge in [-0.3, -0.25) is 0 Å². The molecule has 2 atom stereocenters. The first-order valence-electron chi connectivity index (χ1n) is 4.81. The quantitative estimate of drug-likeness (QED) is 0.497. The topological polar surface area (TPSA) is 0 Å². The summed E-state index contributed by atoms with van der Waals surface area (Å²) in [4.78, 5) is 2.11. The second-order valence-electron chi connectivity index (χ2n) is 3.21. The number of unbranched alkanes of at least 4 members (excludes halogenated alkanes) is 2. The summed E-state index contributed by atoms with van der Waals surface area (Å²) >= 11 is 1.75. The Morgan fingerprint density at radius 3 is 2.17 bits per heavy atom. The Hall–Kier alpha value is 1.04. The number of hydrogen-bond acceptors (Lipinski definition) is 0. The zero-order valence-electron chi connectivity index (χ0n) is 8.80. The zero-order chi connectivity index (χ0) is 9.40. The van der Waals surface area contributed by atoms with Gasteiger partial charge in [-0.15, -0.1) is 0 Å². The zero-order valence-corrected chi connectivity index (χ0v) is 12.2. The first-order chi connectivity index (χ1) is 5.76. The summed E-state index contributed by atoms with van der Waals surface area (Å²) in [5, 5.41) is 0. The van der Waals surface area contributed by atoms with E-state index in [1.807, 2.05) is 0 Å². The van der Waals surface area contributed by atoms with Gasteiger partial charge in [-0.1, -0.05) is 0 Å². The summed E-state index contributed by atoms with van der Waals surface area (Å²) in [5.74, 6) is 4.79. The molecule has 0 aromatic heterocycles. The van der Waals surface area contributed by atoms with Crippen molar-refractivity contribution in [1.29, 1.82) is 0 Å². The number of hydrogen-bond donors (Lipinski definition) is 0. The Labute approximate surface area is 90.6 Å². The molecule has 0 aromatic rings. The van der Waals surface area contributed by atoms with Gasteiger partial charge >= 0.3 is 90.7 Å². The van der Waals surface area contributed by atoms with E-state index in [2.05, 4.69) is 25.5 Å². The van der Waals surface area contributed by atoms with Crippen LogP contribution in [0, 0.1) is 0 Å². The van der Waals surface area contributed by atoms with Crippen LogP contribution in [0.2, 0.25) is 21.3 Å². The van der Waals surface area contributed by atoms with E-state index < -0.39 is 0 Å². The summed E-state index contributed by atoms with van der Waals surface area (Å²) in [6, 6.07) is 0. The molecule has 0 bridgehead atoms. The molecule has 0 heterocycles. The van der Waals surface area contributed by atoms with Crippen LogP contribution in [0.4, 0.5) is 0 Å². The van der Waals surface area contributed by atoms with Gasteiger partial charge in [0, 0.05) is 0 Å². The van der Waals surface area contributed by atoms with Gasteiger partial charge in [-0.2, -0.15) is 0 Å². The average molecular weight is 300 g/mol. The van der Waals surface area contributed by atoms with Gasteiger partial charge in [-0.05, 0) is 0 Å². The van der Waals surface area contributed by atoms with Crippen LogP contribution in [0.3, 0.4) is 0 Å². The first-order valence-corrected chi connectivity index (χ1v) is 10.2. The van der Waals surface area contributed by atoms with Crippen LogP contribution in [0.5, 0.6) is 0 Å². The third kappa shape index (κ3) is 5.64. The van der Waals surface area contributed by atoms with Gasteiger partial charge in [0.15, 0.2) is 0 Å². The Balaban J connectivity index is 3.52. The van der Waals surface area contributed by atoms with Crippen LogP contribution < -0.4 is 0 Å². The average Bonchev–Trinajstić information content (AvgIpc) is 2.11.